The summed E-state index contributed by atoms with van der Waals surface area (Å²) in [5, 5.41) is 13.8. The van der Waals surface area contributed by atoms with Gasteiger partial charge in [-0.05, 0) is 26.2 Å². The van der Waals surface area contributed by atoms with Crippen LogP contribution in [0.25, 0.3) is 0 Å². The third kappa shape index (κ3) is 2.00. The Morgan fingerprint density at radius 3 is 3.00 bits per heavy atom. The minimum Gasteiger partial charge on any atom is -0.391 e. The van der Waals surface area contributed by atoms with E-state index in [2.05, 4.69) is 10.3 Å². The van der Waals surface area contributed by atoms with E-state index in [4.69, 9.17) is 0 Å². The first kappa shape index (κ1) is 8.97. The van der Waals surface area contributed by atoms with Gasteiger partial charge in [0.05, 0.1) is 12.1 Å². The molecule has 13 heavy (non-hydrogen) atoms. The van der Waals surface area contributed by atoms with Gasteiger partial charge in [0, 0.05) is 11.1 Å². The molecule has 0 bridgehead atoms. The number of aromatic nitrogens is 1. The van der Waals surface area contributed by atoms with Crippen LogP contribution in [0.3, 0.4) is 0 Å². The van der Waals surface area contributed by atoms with Crippen LogP contribution in [0.5, 0.6) is 0 Å². The summed E-state index contributed by atoms with van der Waals surface area (Å²) in [5.41, 5.74) is 0. The molecule has 0 spiro atoms. The molecule has 1 heterocycles. The molecule has 0 aromatic carbocycles. The molecule has 2 rings (SSSR count). The number of anilines is 1. The lowest BCUT2D eigenvalue weighted by atomic mass is 10.2. The molecule has 1 fully saturated rings. The predicted octanol–water partition coefficient (Wildman–Crippen LogP) is 1.78. The van der Waals surface area contributed by atoms with Crippen molar-refractivity contribution in [3.05, 3.63) is 11.1 Å². The van der Waals surface area contributed by atoms with Gasteiger partial charge in [-0.2, -0.15) is 0 Å². The molecule has 0 radical (unpaired) electrons. The topological polar surface area (TPSA) is 45.2 Å². The first-order valence-corrected chi connectivity index (χ1v) is 5.44. The van der Waals surface area contributed by atoms with Crippen molar-refractivity contribution in [2.45, 2.75) is 38.3 Å². The molecule has 0 aliphatic heterocycles. The average Bonchev–Trinajstić information content (AvgIpc) is 2.64. The number of aryl methyl sites for hydroxylation is 1. The highest BCUT2D eigenvalue weighted by Crippen LogP contribution is 2.25. The molecule has 2 N–H and O–H groups in total. The highest BCUT2D eigenvalue weighted by Gasteiger charge is 2.25. The molecular formula is C9H14N2OS. The molecule has 1 saturated carbocycles. The number of aliphatic hydroxyl groups is 1. The lowest BCUT2D eigenvalue weighted by molar-refractivity contribution is 0.172. The third-order valence-electron chi connectivity index (χ3n) is 2.41. The van der Waals surface area contributed by atoms with Gasteiger partial charge >= 0.3 is 0 Å². The SMILES string of the molecule is Cc1cnc(NC2CCCC2O)s1. The summed E-state index contributed by atoms with van der Waals surface area (Å²) in [6.45, 7) is 2.04. The number of rotatable bonds is 2. The molecular weight excluding hydrogens is 184 g/mol. The zero-order valence-corrected chi connectivity index (χ0v) is 8.47. The highest BCUT2D eigenvalue weighted by molar-refractivity contribution is 7.15. The van der Waals surface area contributed by atoms with Crippen molar-refractivity contribution in [3.8, 4) is 0 Å². The second-order valence-electron chi connectivity index (χ2n) is 3.53. The van der Waals surface area contributed by atoms with Crippen molar-refractivity contribution in [3.63, 3.8) is 0 Å². The first-order valence-electron chi connectivity index (χ1n) is 4.63. The summed E-state index contributed by atoms with van der Waals surface area (Å²) >= 11 is 1.64. The molecule has 2 unspecified atom stereocenters. The van der Waals surface area contributed by atoms with Gasteiger partial charge < -0.3 is 10.4 Å². The maximum absolute atomic E-state index is 9.57. The van der Waals surface area contributed by atoms with Gasteiger partial charge in [-0.3, -0.25) is 0 Å². The van der Waals surface area contributed by atoms with Gasteiger partial charge in [-0.25, -0.2) is 4.98 Å². The van der Waals surface area contributed by atoms with Crippen LogP contribution >= 0.6 is 11.3 Å². The van der Waals surface area contributed by atoms with Crippen molar-refractivity contribution in [1.29, 1.82) is 0 Å². The minimum atomic E-state index is -0.191. The summed E-state index contributed by atoms with van der Waals surface area (Å²) < 4.78 is 0. The molecule has 3 nitrogen and oxygen atoms in total. The van der Waals surface area contributed by atoms with Gasteiger partial charge in [0.2, 0.25) is 0 Å². The molecule has 0 saturated heterocycles. The fourth-order valence-corrected chi connectivity index (χ4v) is 2.41. The van der Waals surface area contributed by atoms with E-state index in [1.165, 1.54) is 4.88 Å². The molecule has 1 aromatic rings. The molecule has 72 valence electrons. The fraction of sp³-hybridized carbons (Fsp3) is 0.667. The van der Waals surface area contributed by atoms with Crippen LogP contribution in [0.4, 0.5) is 5.13 Å². The Morgan fingerprint density at radius 1 is 1.62 bits per heavy atom. The van der Waals surface area contributed by atoms with Crippen molar-refractivity contribution in [2.75, 3.05) is 5.32 Å². The Bertz CT molecular complexity index is 287. The van der Waals surface area contributed by atoms with Gasteiger partial charge in [0.1, 0.15) is 0 Å². The van der Waals surface area contributed by atoms with Gasteiger partial charge in [0.15, 0.2) is 5.13 Å². The van der Waals surface area contributed by atoms with E-state index >= 15 is 0 Å². The first-order chi connectivity index (χ1) is 6.25. The van der Waals surface area contributed by atoms with Crippen LogP contribution in [0.1, 0.15) is 24.1 Å². The number of nitrogens with zero attached hydrogens (tertiary/aromatic N) is 1. The second-order valence-corrected chi connectivity index (χ2v) is 4.76. The van der Waals surface area contributed by atoms with E-state index in [0.29, 0.717) is 0 Å². The van der Waals surface area contributed by atoms with E-state index in [0.717, 1.165) is 24.4 Å². The van der Waals surface area contributed by atoms with E-state index in [1.807, 2.05) is 13.1 Å². The second kappa shape index (κ2) is 3.64. The Kier molecular flexibility index (Phi) is 2.51. The summed E-state index contributed by atoms with van der Waals surface area (Å²) in [7, 11) is 0. The Balaban J connectivity index is 1.97. The predicted molar refractivity (Wildman–Crippen MR) is 54.1 cm³/mol. The third-order valence-corrected chi connectivity index (χ3v) is 3.25. The van der Waals surface area contributed by atoms with Gasteiger partial charge in [0.25, 0.3) is 0 Å². The Hall–Kier alpha value is -0.610. The van der Waals surface area contributed by atoms with Crippen LogP contribution in [-0.2, 0) is 0 Å². The number of hydrogen-bond acceptors (Lipinski definition) is 4. The number of thiazole rings is 1. The smallest absolute Gasteiger partial charge is 0.183 e. The summed E-state index contributed by atoms with van der Waals surface area (Å²) in [4.78, 5) is 5.41. The maximum Gasteiger partial charge on any atom is 0.183 e. The Morgan fingerprint density at radius 2 is 2.46 bits per heavy atom. The van der Waals surface area contributed by atoms with Gasteiger partial charge in [-0.1, -0.05) is 0 Å². The van der Waals surface area contributed by atoms with Crippen molar-refractivity contribution in [1.82, 2.24) is 4.98 Å². The van der Waals surface area contributed by atoms with Crippen LogP contribution < -0.4 is 5.32 Å². The van der Waals surface area contributed by atoms with Crippen LogP contribution in [0.2, 0.25) is 0 Å². The van der Waals surface area contributed by atoms with E-state index < -0.39 is 0 Å². The standard InChI is InChI=1S/C9H14N2OS/c1-6-5-10-9(13-6)11-7-3-2-4-8(7)12/h5,7-8,12H,2-4H2,1H3,(H,10,11). The molecule has 1 aliphatic rings. The Labute approximate surface area is 81.8 Å². The number of hydrogen-bond donors (Lipinski definition) is 2. The van der Waals surface area contributed by atoms with Gasteiger partial charge in [-0.15, -0.1) is 11.3 Å². The fourth-order valence-electron chi connectivity index (χ4n) is 1.69. The summed E-state index contributed by atoms with van der Waals surface area (Å²) in [6, 6.07) is 0.213. The van der Waals surface area contributed by atoms with Crippen LogP contribution in [0.15, 0.2) is 6.20 Å². The van der Waals surface area contributed by atoms with E-state index in [-0.39, 0.29) is 12.1 Å². The van der Waals surface area contributed by atoms with Crippen molar-refractivity contribution >= 4 is 16.5 Å². The number of aliphatic hydroxyl groups excluding tert-OH is 1. The average molecular weight is 198 g/mol. The highest BCUT2D eigenvalue weighted by atomic mass is 32.1. The van der Waals surface area contributed by atoms with Crippen LogP contribution in [0, 0.1) is 6.92 Å². The number of nitrogens with one attached hydrogen (secondary N) is 1. The molecule has 4 heteroatoms. The van der Waals surface area contributed by atoms with E-state index in [1.54, 1.807) is 11.3 Å². The zero-order chi connectivity index (χ0) is 9.26. The largest absolute Gasteiger partial charge is 0.391 e. The quantitative estimate of drug-likeness (QED) is 0.761. The lowest BCUT2D eigenvalue weighted by Gasteiger charge is -2.14. The molecule has 1 aromatic heterocycles. The summed E-state index contributed by atoms with van der Waals surface area (Å²) in [5.74, 6) is 0. The van der Waals surface area contributed by atoms with E-state index in [9.17, 15) is 5.11 Å². The van der Waals surface area contributed by atoms with Crippen molar-refractivity contribution < 1.29 is 5.11 Å². The molecule has 2 atom stereocenters. The van der Waals surface area contributed by atoms with Crippen LogP contribution in [-0.4, -0.2) is 22.2 Å². The minimum absolute atomic E-state index is 0.191. The summed E-state index contributed by atoms with van der Waals surface area (Å²) in [6.07, 6.45) is 4.75. The monoisotopic (exact) mass is 198 g/mol. The lowest BCUT2D eigenvalue weighted by Crippen LogP contribution is -2.27. The molecule has 1 aliphatic carbocycles. The normalized spacial score (nSPS) is 27.8. The van der Waals surface area contributed by atoms with Crippen molar-refractivity contribution in [2.24, 2.45) is 0 Å². The zero-order valence-electron chi connectivity index (χ0n) is 7.66. The molecule has 0 amide bonds. The maximum atomic E-state index is 9.57.